The van der Waals surface area contributed by atoms with Crippen LogP contribution in [0, 0.1) is 0 Å². The zero-order valence-electron chi connectivity index (χ0n) is 6.45. The molecular formula is C9H4BrNO2. The van der Waals surface area contributed by atoms with Gasteiger partial charge in [0.1, 0.15) is 0 Å². The van der Waals surface area contributed by atoms with Crippen LogP contribution in [0.2, 0.25) is 0 Å². The average molecular weight is 238 g/mol. The van der Waals surface area contributed by atoms with E-state index in [0.717, 1.165) is 4.47 Å². The maximum absolute atomic E-state index is 10.9. The van der Waals surface area contributed by atoms with E-state index < -0.39 is 11.7 Å². The Balaban J connectivity index is 2.85. The van der Waals surface area contributed by atoms with Gasteiger partial charge in [0.15, 0.2) is 0 Å². The summed E-state index contributed by atoms with van der Waals surface area (Å²) in [5, 5.41) is 1.23. The Morgan fingerprint density at radius 3 is 2.77 bits per heavy atom. The molecule has 0 fully saturated rings. The normalized spacial score (nSPS) is 14.5. The molecular weight excluding hydrogens is 234 g/mol. The van der Waals surface area contributed by atoms with Crippen LogP contribution in [0.4, 0.5) is 0 Å². The Kier molecular flexibility index (Phi) is 1.84. The molecule has 4 heteroatoms. The molecule has 2 rings (SSSR count). The molecule has 1 aromatic carbocycles. The number of carbonyl (C=O) groups is 2. The molecule has 0 bridgehead atoms. The van der Waals surface area contributed by atoms with Gasteiger partial charge in [-0.15, -0.1) is 0 Å². The second-order valence-electron chi connectivity index (χ2n) is 2.63. The lowest BCUT2D eigenvalue weighted by Gasteiger charge is -1.97. The minimum Gasteiger partial charge on any atom is -0.284 e. The second kappa shape index (κ2) is 2.88. The fourth-order valence-electron chi connectivity index (χ4n) is 1.10. The van der Waals surface area contributed by atoms with E-state index in [1.165, 1.54) is 6.08 Å². The fraction of sp³-hybridized carbons (Fsp3) is 0. The van der Waals surface area contributed by atoms with Gasteiger partial charge >= 0.3 is 5.91 Å². The SMILES string of the molecule is O=C1C=c2ccc(Br)cc2=NC1=O. The number of fused-ring (bicyclic) bond motifs is 1. The highest BCUT2D eigenvalue weighted by Gasteiger charge is 2.12. The summed E-state index contributed by atoms with van der Waals surface area (Å²) in [6, 6.07) is 5.25. The molecule has 0 aromatic heterocycles. The molecule has 0 radical (unpaired) electrons. The van der Waals surface area contributed by atoms with Gasteiger partial charge < -0.3 is 0 Å². The number of hydrogen-bond donors (Lipinski definition) is 0. The largest absolute Gasteiger partial charge is 0.317 e. The van der Waals surface area contributed by atoms with E-state index in [1.54, 1.807) is 18.2 Å². The third-order valence-electron chi connectivity index (χ3n) is 1.71. The van der Waals surface area contributed by atoms with Gasteiger partial charge in [-0.1, -0.05) is 22.0 Å². The van der Waals surface area contributed by atoms with Crippen molar-refractivity contribution < 1.29 is 9.59 Å². The molecule has 1 aliphatic heterocycles. The first-order valence-corrected chi connectivity index (χ1v) is 4.40. The van der Waals surface area contributed by atoms with Gasteiger partial charge in [0.05, 0.1) is 5.36 Å². The molecule has 13 heavy (non-hydrogen) atoms. The number of ketones is 1. The lowest BCUT2D eigenvalue weighted by Crippen LogP contribution is -2.33. The van der Waals surface area contributed by atoms with Crippen LogP contribution in [0.1, 0.15) is 0 Å². The Labute approximate surface area is 81.9 Å². The summed E-state index contributed by atoms with van der Waals surface area (Å²) in [6.07, 6.45) is 1.30. The predicted molar refractivity (Wildman–Crippen MR) is 49.4 cm³/mol. The Morgan fingerprint density at radius 2 is 2.00 bits per heavy atom. The molecule has 0 saturated heterocycles. The van der Waals surface area contributed by atoms with Gasteiger partial charge in [0.25, 0.3) is 0 Å². The molecule has 1 aliphatic rings. The van der Waals surface area contributed by atoms with Crippen LogP contribution in [-0.4, -0.2) is 11.7 Å². The first-order valence-electron chi connectivity index (χ1n) is 3.61. The Hall–Kier alpha value is -1.29. The third kappa shape index (κ3) is 1.45. The molecule has 0 unspecified atom stereocenters. The van der Waals surface area contributed by atoms with E-state index >= 15 is 0 Å². The first kappa shape index (κ1) is 8.31. The number of Topliss-reactive ketones (excluding diaryl/α,β-unsaturated/α-hetero) is 1. The van der Waals surface area contributed by atoms with E-state index in [4.69, 9.17) is 0 Å². The van der Waals surface area contributed by atoms with Crippen LogP contribution in [-0.2, 0) is 9.59 Å². The van der Waals surface area contributed by atoms with Crippen molar-refractivity contribution in [3.05, 3.63) is 33.2 Å². The van der Waals surface area contributed by atoms with E-state index in [2.05, 4.69) is 20.9 Å². The van der Waals surface area contributed by atoms with Crippen LogP contribution in [0.15, 0.2) is 27.7 Å². The number of hydrogen-bond acceptors (Lipinski definition) is 2. The summed E-state index contributed by atoms with van der Waals surface area (Å²) in [5.74, 6) is -1.26. The molecule has 3 nitrogen and oxygen atoms in total. The summed E-state index contributed by atoms with van der Waals surface area (Å²) in [4.78, 5) is 25.5. The van der Waals surface area contributed by atoms with Gasteiger partial charge in [-0.05, 0) is 12.1 Å². The van der Waals surface area contributed by atoms with Crippen LogP contribution >= 0.6 is 15.9 Å². The molecule has 1 aromatic rings. The maximum atomic E-state index is 10.9. The zero-order valence-corrected chi connectivity index (χ0v) is 8.04. The van der Waals surface area contributed by atoms with Gasteiger partial charge in [-0.3, -0.25) is 9.59 Å². The summed E-state index contributed by atoms with van der Waals surface area (Å²) in [5.41, 5.74) is 0. The van der Waals surface area contributed by atoms with E-state index in [1.807, 2.05) is 0 Å². The lowest BCUT2D eigenvalue weighted by molar-refractivity contribution is -0.132. The fourth-order valence-corrected chi connectivity index (χ4v) is 1.45. The topological polar surface area (TPSA) is 46.5 Å². The van der Waals surface area contributed by atoms with Crippen LogP contribution < -0.4 is 10.6 Å². The standard InChI is InChI=1S/C9H4BrNO2/c10-6-2-1-5-3-8(12)9(13)11-7(5)4-6/h1-4H. The van der Waals surface area contributed by atoms with Crippen molar-refractivity contribution in [2.75, 3.05) is 0 Å². The van der Waals surface area contributed by atoms with Crippen molar-refractivity contribution in [3.8, 4) is 0 Å². The molecule has 0 atom stereocenters. The summed E-state index contributed by atoms with van der Waals surface area (Å²) >= 11 is 3.26. The molecule has 0 spiro atoms. The van der Waals surface area contributed by atoms with Crippen molar-refractivity contribution in [2.24, 2.45) is 4.99 Å². The van der Waals surface area contributed by atoms with E-state index in [9.17, 15) is 9.59 Å². The highest BCUT2D eigenvalue weighted by atomic mass is 79.9. The van der Waals surface area contributed by atoms with E-state index in [-0.39, 0.29) is 0 Å². The van der Waals surface area contributed by atoms with Gasteiger partial charge in [0.2, 0.25) is 5.78 Å². The molecule has 1 amide bonds. The maximum Gasteiger partial charge on any atom is 0.317 e. The molecule has 0 N–H and O–H groups in total. The third-order valence-corrected chi connectivity index (χ3v) is 2.21. The predicted octanol–water partition coefficient (Wildman–Crippen LogP) is -0.0415. The van der Waals surface area contributed by atoms with Crippen molar-refractivity contribution in [3.63, 3.8) is 0 Å². The first-order chi connectivity index (χ1) is 6.16. The number of halogens is 1. The Bertz CT molecular complexity index is 519. The van der Waals surface area contributed by atoms with Crippen LogP contribution in [0.25, 0.3) is 6.08 Å². The quantitative estimate of drug-likeness (QED) is 0.595. The Morgan fingerprint density at radius 1 is 1.23 bits per heavy atom. The zero-order chi connectivity index (χ0) is 9.42. The second-order valence-corrected chi connectivity index (χ2v) is 3.54. The number of carbonyl (C=O) groups excluding carboxylic acids is 2. The van der Waals surface area contributed by atoms with Gasteiger partial charge in [-0.25, -0.2) is 4.99 Å². The monoisotopic (exact) mass is 237 g/mol. The van der Waals surface area contributed by atoms with Crippen molar-refractivity contribution >= 4 is 33.7 Å². The number of rotatable bonds is 0. The summed E-state index contributed by atoms with van der Waals surface area (Å²) in [6.45, 7) is 0. The van der Waals surface area contributed by atoms with Crippen molar-refractivity contribution in [2.45, 2.75) is 0 Å². The smallest absolute Gasteiger partial charge is 0.284 e. The van der Waals surface area contributed by atoms with Crippen LogP contribution in [0.5, 0.6) is 0 Å². The molecule has 1 heterocycles. The van der Waals surface area contributed by atoms with Crippen molar-refractivity contribution in [1.82, 2.24) is 0 Å². The lowest BCUT2D eigenvalue weighted by atomic mass is 10.2. The molecule has 0 aliphatic carbocycles. The van der Waals surface area contributed by atoms with Crippen molar-refractivity contribution in [1.29, 1.82) is 0 Å². The summed E-state index contributed by atoms with van der Waals surface area (Å²) < 4.78 is 0.838. The highest BCUT2D eigenvalue weighted by molar-refractivity contribution is 9.10. The minimum absolute atomic E-state index is 0.541. The highest BCUT2D eigenvalue weighted by Crippen LogP contribution is 2.02. The molecule has 0 saturated carbocycles. The average Bonchev–Trinajstić information content (AvgIpc) is 2.08. The number of benzene rings is 1. The van der Waals surface area contributed by atoms with Crippen LogP contribution in [0.3, 0.4) is 0 Å². The van der Waals surface area contributed by atoms with E-state index in [0.29, 0.717) is 10.6 Å². The number of amides is 1. The minimum atomic E-state index is -0.703. The summed E-state index contributed by atoms with van der Waals surface area (Å²) in [7, 11) is 0. The van der Waals surface area contributed by atoms with Gasteiger partial charge in [0, 0.05) is 15.8 Å². The molecule has 64 valence electrons. The van der Waals surface area contributed by atoms with Gasteiger partial charge in [-0.2, -0.15) is 0 Å². The number of nitrogens with zero attached hydrogens (tertiary/aromatic N) is 1.